The summed E-state index contributed by atoms with van der Waals surface area (Å²) in [4.78, 5) is 30.7. The first-order valence-electron chi connectivity index (χ1n) is 10.6. The number of carbonyl (C=O) groups excluding carboxylic acids is 1. The zero-order valence-corrected chi connectivity index (χ0v) is 17.1. The average molecular weight is 412 g/mol. The first-order valence-corrected chi connectivity index (χ1v) is 11.5. The van der Waals surface area contributed by atoms with E-state index in [9.17, 15) is 9.59 Å². The van der Waals surface area contributed by atoms with Crippen LogP contribution in [0.15, 0.2) is 33.8 Å². The van der Waals surface area contributed by atoms with Gasteiger partial charge in [-0.25, -0.2) is 0 Å². The number of piperidine rings is 1. The third kappa shape index (κ3) is 2.98. The average Bonchev–Trinajstić information content (AvgIpc) is 3.47. The van der Waals surface area contributed by atoms with Crippen molar-refractivity contribution < 1.29 is 9.53 Å². The molecule has 0 radical (unpaired) electrons. The zero-order chi connectivity index (χ0) is 19.5. The van der Waals surface area contributed by atoms with E-state index < -0.39 is 0 Å². The van der Waals surface area contributed by atoms with Crippen molar-refractivity contribution in [2.24, 2.45) is 5.92 Å². The van der Waals surface area contributed by atoms with Gasteiger partial charge in [-0.05, 0) is 53.3 Å². The predicted octanol–water partition coefficient (Wildman–Crippen LogP) is 2.14. The summed E-state index contributed by atoms with van der Waals surface area (Å²) in [6.07, 6.45) is 2.19. The van der Waals surface area contributed by atoms with Crippen LogP contribution in [-0.4, -0.2) is 58.7 Å². The number of thiophene rings is 1. The van der Waals surface area contributed by atoms with Crippen LogP contribution in [0.3, 0.4) is 0 Å². The smallest absolute Gasteiger partial charge is 0.263 e. The van der Waals surface area contributed by atoms with E-state index in [0.717, 1.165) is 44.7 Å². The van der Waals surface area contributed by atoms with E-state index >= 15 is 0 Å². The molecule has 6 nitrogen and oxygen atoms in total. The molecule has 0 spiro atoms. The van der Waals surface area contributed by atoms with E-state index in [1.807, 2.05) is 15.5 Å². The molecule has 4 aliphatic rings. The lowest BCUT2D eigenvalue weighted by Gasteiger charge is -2.43. The number of carbonyl (C=O) groups is 1. The minimum atomic E-state index is -0.115. The van der Waals surface area contributed by atoms with E-state index in [0.29, 0.717) is 30.6 Å². The molecule has 6 rings (SSSR count). The number of fused-ring (bicyclic) bond motifs is 6. The van der Waals surface area contributed by atoms with E-state index in [4.69, 9.17) is 4.74 Å². The Labute approximate surface area is 173 Å². The van der Waals surface area contributed by atoms with Gasteiger partial charge in [-0.2, -0.15) is 11.3 Å². The Morgan fingerprint density at radius 1 is 1.14 bits per heavy atom. The first-order chi connectivity index (χ1) is 14.2. The van der Waals surface area contributed by atoms with E-state index in [1.165, 1.54) is 5.56 Å². The largest absolute Gasteiger partial charge is 0.374 e. The summed E-state index contributed by atoms with van der Waals surface area (Å²) in [7, 11) is 0. The number of hydrogen-bond donors (Lipinski definition) is 0. The van der Waals surface area contributed by atoms with Crippen molar-refractivity contribution in [3.8, 4) is 0 Å². The molecule has 1 amide bonds. The summed E-state index contributed by atoms with van der Waals surface area (Å²) in [5.41, 5.74) is 2.70. The van der Waals surface area contributed by atoms with Crippen molar-refractivity contribution >= 4 is 17.2 Å². The highest BCUT2D eigenvalue weighted by Gasteiger charge is 2.43. The van der Waals surface area contributed by atoms with Crippen molar-refractivity contribution in [1.82, 2.24) is 14.4 Å². The fourth-order valence-electron chi connectivity index (χ4n) is 5.78. The molecular weight excluding hydrogens is 386 g/mol. The van der Waals surface area contributed by atoms with Crippen LogP contribution in [0, 0.1) is 5.92 Å². The number of ether oxygens (including phenoxy) is 1. The van der Waals surface area contributed by atoms with Crippen molar-refractivity contribution in [3.63, 3.8) is 0 Å². The number of rotatable bonds is 3. The molecular formula is C22H25N3O3S. The first kappa shape index (κ1) is 17.9. The second-order valence-corrected chi connectivity index (χ2v) is 9.79. The number of nitrogens with zero attached hydrogens (tertiary/aromatic N) is 3. The minimum absolute atomic E-state index is 0.0998. The summed E-state index contributed by atoms with van der Waals surface area (Å²) < 4.78 is 7.51. The Kier molecular flexibility index (Phi) is 4.18. The highest BCUT2D eigenvalue weighted by Crippen LogP contribution is 2.36. The maximum absolute atomic E-state index is 13.3. The molecule has 0 aromatic carbocycles. The predicted molar refractivity (Wildman–Crippen MR) is 110 cm³/mol. The molecule has 6 heterocycles. The Morgan fingerprint density at radius 2 is 2.07 bits per heavy atom. The van der Waals surface area contributed by atoms with Gasteiger partial charge in [-0.3, -0.25) is 14.5 Å². The SMILES string of the molecule is O=C(c1ccc2n(c1=O)C[C@H]1C[C@@H]2CN(Cc2ccsc2)C1)N1C[C@H]2C[C@@H]1CO2. The second kappa shape index (κ2) is 6.79. The normalized spacial score (nSPS) is 30.6. The number of amides is 1. The molecule has 4 atom stereocenters. The molecule has 0 N–H and O–H groups in total. The summed E-state index contributed by atoms with van der Waals surface area (Å²) >= 11 is 1.74. The van der Waals surface area contributed by atoms with Crippen LogP contribution in [-0.2, 0) is 17.8 Å². The van der Waals surface area contributed by atoms with Gasteiger partial charge in [0.05, 0.1) is 18.8 Å². The van der Waals surface area contributed by atoms with E-state index in [-0.39, 0.29) is 23.6 Å². The Bertz CT molecular complexity index is 1000. The summed E-state index contributed by atoms with van der Waals surface area (Å²) in [6.45, 7) is 4.92. The highest BCUT2D eigenvalue weighted by molar-refractivity contribution is 7.07. The van der Waals surface area contributed by atoms with Gasteiger partial charge in [0.1, 0.15) is 5.56 Å². The summed E-state index contributed by atoms with van der Waals surface area (Å²) in [5, 5.41) is 4.35. The van der Waals surface area contributed by atoms with Gasteiger partial charge in [0, 0.05) is 44.3 Å². The van der Waals surface area contributed by atoms with Gasteiger partial charge in [-0.1, -0.05) is 0 Å². The lowest BCUT2D eigenvalue weighted by molar-refractivity contribution is 0.0257. The van der Waals surface area contributed by atoms with Gasteiger partial charge in [0.15, 0.2) is 0 Å². The van der Waals surface area contributed by atoms with Gasteiger partial charge in [0.25, 0.3) is 11.5 Å². The van der Waals surface area contributed by atoms with E-state index in [1.54, 1.807) is 17.4 Å². The molecule has 3 saturated heterocycles. The second-order valence-electron chi connectivity index (χ2n) is 9.01. The van der Waals surface area contributed by atoms with Crippen molar-refractivity contribution in [2.45, 2.75) is 44.0 Å². The van der Waals surface area contributed by atoms with Crippen LogP contribution in [0.2, 0.25) is 0 Å². The zero-order valence-electron chi connectivity index (χ0n) is 16.3. The van der Waals surface area contributed by atoms with E-state index in [2.05, 4.69) is 21.7 Å². The quantitative estimate of drug-likeness (QED) is 0.777. The third-order valence-corrected chi connectivity index (χ3v) is 7.79. The molecule has 2 aromatic rings. The number of likely N-dealkylation sites (tertiary alicyclic amines) is 2. The maximum atomic E-state index is 13.3. The van der Waals surface area contributed by atoms with Crippen LogP contribution in [0.25, 0.3) is 0 Å². The monoisotopic (exact) mass is 411 g/mol. The Balaban J connectivity index is 1.26. The van der Waals surface area contributed by atoms with Crippen molar-refractivity contribution in [3.05, 3.63) is 56.1 Å². The molecule has 2 aromatic heterocycles. The molecule has 3 fully saturated rings. The number of pyridine rings is 1. The number of aromatic nitrogens is 1. The fourth-order valence-corrected chi connectivity index (χ4v) is 6.44. The molecule has 4 bridgehead atoms. The standard InChI is InChI=1S/C22H25N3O3S/c26-21(24-11-18-6-17(24)12-28-18)19-1-2-20-16-5-15(9-25(20)22(19)27)8-23(10-16)7-14-3-4-29-13-14/h1-4,13,15-18H,5-12H2/t15-,16+,17+,18+/m0/s1. The molecule has 7 heteroatoms. The van der Waals surface area contributed by atoms with Crippen LogP contribution >= 0.6 is 11.3 Å². The maximum Gasteiger partial charge on any atom is 0.263 e. The number of hydrogen-bond acceptors (Lipinski definition) is 5. The molecule has 4 aliphatic heterocycles. The Hall–Kier alpha value is -1.96. The number of morpholine rings is 1. The van der Waals surface area contributed by atoms with Crippen LogP contribution in [0.5, 0.6) is 0 Å². The Morgan fingerprint density at radius 3 is 2.83 bits per heavy atom. The van der Waals surface area contributed by atoms with Crippen molar-refractivity contribution in [1.29, 1.82) is 0 Å². The van der Waals surface area contributed by atoms with Crippen LogP contribution in [0.1, 0.15) is 40.4 Å². The molecule has 0 unspecified atom stereocenters. The molecule has 0 saturated carbocycles. The van der Waals surface area contributed by atoms with Crippen LogP contribution < -0.4 is 5.56 Å². The van der Waals surface area contributed by atoms with Crippen LogP contribution in [0.4, 0.5) is 0 Å². The van der Waals surface area contributed by atoms with Gasteiger partial charge in [-0.15, -0.1) is 0 Å². The lowest BCUT2D eigenvalue weighted by atomic mass is 9.83. The van der Waals surface area contributed by atoms with Crippen molar-refractivity contribution in [2.75, 3.05) is 26.2 Å². The highest BCUT2D eigenvalue weighted by atomic mass is 32.1. The van der Waals surface area contributed by atoms with Gasteiger partial charge < -0.3 is 14.2 Å². The summed E-state index contributed by atoms with van der Waals surface area (Å²) in [5.74, 6) is 0.726. The minimum Gasteiger partial charge on any atom is -0.374 e. The molecule has 29 heavy (non-hydrogen) atoms. The summed E-state index contributed by atoms with van der Waals surface area (Å²) in [6, 6.07) is 6.15. The fraction of sp³-hybridized carbons (Fsp3) is 0.545. The molecule has 0 aliphatic carbocycles. The third-order valence-electron chi connectivity index (χ3n) is 7.06. The van der Waals surface area contributed by atoms with Gasteiger partial charge >= 0.3 is 0 Å². The molecule has 152 valence electrons. The lowest BCUT2D eigenvalue weighted by Crippen LogP contribution is -2.48. The van der Waals surface area contributed by atoms with Gasteiger partial charge in [0.2, 0.25) is 0 Å². The topological polar surface area (TPSA) is 54.8 Å².